The highest BCUT2D eigenvalue weighted by molar-refractivity contribution is 5.94. The summed E-state index contributed by atoms with van der Waals surface area (Å²) in [5.74, 6) is 1.99. The van der Waals surface area contributed by atoms with Crippen molar-refractivity contribution in [2.24, 2.45) is 0 Å². The van der Waals surface area contributed by atoms with E-state index in [1.807, 2.05) is 29.2 Å². The number of likely N-dealkylation sites (tertiary alicyclic amines) is 1. The number of nitrogens with zero attached hydrogens (tertiary/aromatic N) is 4. The van der Waals surface area contributed by atoms with Crippen LogP contribution in [0.1, 0.15) is 72.6 Å². The highest BCUT2D eigenvalue weighted by Gasteiger charge is 2.34. The van der Waals surface area contributed by atoms with Crippen LogP contribution in [0.4, 0.5) is 0 Å². The van der Waals surface area contributed by atoms with E-state index >= 15 is 0 Å². The predicted octanol–water partition coefficient (Wildman–Crippen LogP) is 2.62. The van der Waals surface area contributed by atoms with Crippen molar-refractivity contribution >= 4 is 11.8 Å². The van der Waals surface area contributed by atoms with Crippen LogP contribution >= 0.6 is 0 Å². The molecule has 1 aromatic heterocycles. The highest BCUT2D eigenvalue weighted by atomic mass is 16.2. The fourth-order valence-corrected chi connectivity index (χ4v) is 4.19. The molecule has 0 saturated carbocycles. The molecule has 0 radical (unpaired) electrons. The normalized spacial score (nSPS) is 19.2. The Kier molecular flexibility index (Phi) is 5.41. The van der Waals surface area contributed by atoms with Gasteiger partial charge in [0, 0.05) is 38.5 Å². The van der Waals surface area contributed by atoms with E-state index in [1.165, 1.54) is 13.3 Å². The van der Waals surface area contributed by atoms with E-state index in [0.29, 0.717) is 12.1 Å². The Balaban J connectivity index is 1.51. The van der Waals surface area contributed by atoms with Crippen LogP contribution in [0.25, 0.3) is 0 Å². The zero-order valence-electron chi connectivity index (χ0n) is 16.4. The molecule has 3 heterocycles. The number of amides is 2. The van der Waals surface area contributed by atoms with Crippen LogP contribution in [-0.2, 0) is 24.3 Å². The van der Waals surface area contributed by atoms with Gasteiger partial charge in [-0.05, 0) is 43.4 Å². The lowest BCUT2D eigenvalue weighted by molar-refractivity contribution is -0.119. The summed E-state index contributed by atoms with van der Waals surface area (Å²) < 4.78 is 2.25. The Morgan fingerprint density at radius 3 is 2.68 bits per heavy atom. The molecular weight excluding hydrogens is 354 g/mol. The number of aryl methyl sites for hydroxylation is 1. The second kappa shape index (κ2) is 8.12. The van der Waals surface area contributed by atoms with E-state index in [-0.39, 0.29) is 17.9 Å². The molecule has 2 amide bonds. The summed E-state index contributed by atoms with van der Waals surface area (Å²) in [5.41, 5.74) is 1.65. The van der Waals surface area contributed by atoms with E-state index in [2.05, 4.69) is 20.1 Å². The number of nitrogens with one attached hydrogen (secondary N) is 1. The van der Waals surface area contributed by atoms with Gasteiger partial charge in [0.1, 0.15) is 5.82 Å². The number of benzene rings is 1. The minimum Gasteiger partial charge on any atom is -0.352 e. The SMILES string of the molecule is CC(=O)NCc1ccc(C(=O)N2CCCC2c2nnc3n2CCCCC3)cc1. The predicted molar refractivity (Wildman–Crippen MR) is 105 cm³/mol. The Morgan fingerprint density at radius 1 is 1.07 bits per heavy atom. The number of carbonyl (C=O) groups excluding carboxylic acids is 2. The maximum absolute atomic E-state index is 13.2. The van der Waals surface area contributed by atoms with Gasteiger partial charge in [-0.1, -0.05) is 18.6 Å². The second-order valence-electron chi connectivity index (χ2n) is 7.70. The van der Waals surface area contributed by atoms with Gasteiger partial charge in [0.05, 0.1) is 6.04 Å². The monoisotopic (exact) mass is 381 g/mol. The van der Waals surface area contributed by atoms with Crippen LogP contribution in [0.2, 0.25) is 0 Å². The molecule has 1 saturated heterocycles. The lowest BCUT2D eigenvalue weighted by Crippen LogP contribution is -2.32. The first-order chi connectivity index (χ1) is 13.6. The number of rotatable bonds is 4. The molecule has 2 aliphatic rings. The molecule has 4 rings (SSSR count). The van der Waals surface area contributed by atoms with Crippen LogP contribution in [-0.4, -0.2) is 38.0 Å². The summed E-state index contributed by atoms with van der Waals surface area (Å²) >= 11 is 0. The van der Waals surface area contributed by atoms with Crippen LogP contribution in [0.15, 0.2) is 24.3 Å². The Bertz CT molecular complexity index is 858. The van der Waals surface area contributed by atoms with Gasteiger partial charge in [-0.2, -0.15) is 0 Å². The minimum absolute atomic E-state index is 0.00547. The molecule has 1 fully saturated rings. The Labute approximate surface area is 165 Å². The zero-order valence-corrected chi connectivity index (χ0v) is 16.4. The molecule has 1 unspecified atom stereocenters. The van der Waals surface area contributed by atoms with Gasteiger partial charge in [-0.3, -0.25) is 9.59 Å². The summed E-state index contributed by atoms with van der Waals surface area (Å²) in [5, 5.41) is 11.7. The maximum atomic E-state index is 13.2. The van der Waals surface area contributed by atoms with Gasteiger partial charge in [-0.15, -0.1) is 10.2 Å². The largest absolute Gasteiger partial charge is 0.352 e. The van der Waals surface area contributed by atoms with Crippen LogP contribution in [0.3, 0.4) is 0 Å². The molecule has 0 bridgehead atoms. The van der Waals surface area contributed by atoms with E-state index in [4.69, 9.17) is 0 Å². The van der Waals surface area contributed by atoms with Crippen molar-refractivity contribution in [3.63, 3.8) is 0 Å². The average molecular weight is 381 g/mol. The van der Waals surface area contributed by atoms with Crippen molar-refractivity contribution in [2.45, 2.75) is 64.6 Å². The molecule has 28 heavy (non-hydrogen) atoms. The summed E-state index contributed by atoms with van der Waals surface area (Å²) in [6, 6.07) is 7.50. The quantitative estimate of drug-likeness (QED) is 0.883. The molecule has 1 N–H and O–H groups in total. The summed E-state index contributed by atoms with van der Waals surface area (Å²) in [6.07, 6.45) is 6.43. The molecule has 2 aliphatic heterocycles. The fraction of sp³-hybridized carbons (Fsp3) is 0.524. The van der Waals surface area contributed by atoms with Gasteiger partial charge in [0.15, 0.2) is 5.82 Å². The van der Waals surface area contributed by atoms with Crippen LogP contribution < -0.4 is 5.32 Å². The van der Waals surface area contributed by atoms with Crippen molar-refractivity contribution in [1.82, 2.24) is 25.0 Å². The molecule has 7 heteroatoms. The lowest BCUT2D eigenvalue weighted by atomic mass is 10.1. The third-order valence-corrected chi connectivity index (χ3v) is 5.69. The molecule has 1 aromatic carbocycles. The molecular formula is C21H27N5O2. The average Bonchev–Trinajstić information content (AvgIpc) is 3.27. The maximum Gasteiger partial charge on any atom is 0.254 e. The summed E-state index contributed by atoms with van der Waals surface area (Å²) in [6.45, 7) is 3.67. The van der Waals surface area contributed by atoms with Gasteiger partial charge in [-0.25, -0.2) is 0 Å². The number of hydrogen-bond acceptors (Lipinski definition) is 4. The van der Waals surface area contributed by atoms with Gasteiger partial charge < -0.3 is 14.8 Å². The van der Waals surface area contributed by atoms with E-state index in [9.17, 15) is 9.59 Å². The third kappa shape index (κ3) is 3.79. The molecule has 7 nitrogen and oxygen atoms in total. The van der Waals surface area contributed by atoms with Crippen molar-refractivity contribution in [3.05, 3.63) is 47.0 Å². The highest BCUT2D eigenvalue weighted by Crippen LogP contribution is 2.33. The standard InChI is InChI=1S/C21H27N5O2/c1-15(27)22-14-16-8-10-17(11-9-16)21(28)25-13-5-6-18(25)20-24-23-19-7-3-2-4-12-26(19)20/h8-11,18H,2-7,12-14H2,1H3,(H,22,27). The van der Waals surface area contributed by atoms with E-state index in [0.717, 1.165) is 62.4 Å². The van der Waals surface area contributed by atoms with Crippen molar-refractivity contribution in [1.29, 1.82) is 0 Å². The number of aromatic nitrogens is 3. The third-order valence-electron chi connectivity index (χ3n) is 5.69. The summed E-state index contributed by atoms with van der Waals surface area (Å²) in [7, 11) is 0. The number of hydrogen-bond donors (Lipinski definition) is 1. The first-order valence-corrected chi connectivity index (χ1v) is 10.2. The second-order valence-corrected chi connectivity index (χ2v) is 7.70. The fourth-order valence-electron chi connectivity index (χ4n) is 4.19. The lowest BCUT2D eigenvalue weighted by Gasteiger charge is -2.25. The smallest absolute Gasteiger partial charge is 0.254 e. The molecule has 0 aliphatic carbocycles. The molecule has 2 aromatic rings. The van der Waals surface area contributed by atoms with Crippen molar-refractivity contribution < 1.29 is 9.59 Å². The van der Waals surface area contributed by atoms with E-state index < -0.39 is 0 Å². The van der Waals surface area contributed by atoms with E-state index in [1.54, 1.807) is 0 Å². The number of fused-ring (bicyclic) bond motifs is 1. The molecule has 0 spiro atoms. The Morgan fingerprint density at radius 2 is 1.89 bits per heavy atom. The van der Waals surface area contributed by atoms with Crippen molar-refractivity contribution in [2.75, 3.05) is 6.54 Å². The first kappa shape index (κ1) is 18.7. The van der Waals surface area contributed by atoms with Gasteiger partial charge in [0.25, 0.3) is 5.91 Å². The van der Waals surface area contributed by atoms with Crippen LogP contribution in [0.5, 0.6) is 0 Å². The first-order valence-electron chi connectivity index (χ1n) is 10.2. The Hall–Kier alpha value is -2.70. The number of carbonyl (C=O) groups is 2. The molecule has 148 valence electrons. The topological polar surface area (TPSA) is 80.1 Å². The van der Waals surface area contributed by atoms with Gasteiger partial charge >= 0.3 is 0 Å². The minimum atomic E-state index is -0.0625. The zero-order chi connectivity index (χ0) is 19.5. The van der Waals surface area contributed by atoms with Gasteiger partial charge in [0.2, 0.25) is 5.91 Å². The van der Waals surface area contributed by atoms with Crippen molar-refractivity contribution in [3.8, 4) is 0 Å². The van der Waals surface area contributed by atoms with Crippen LogP contribution in [0, 0.1) is 0 Å². The molecule has 1 atom stereocenters. The summed E-state index contributed by atoms with van der Waals surface area (Å²) in [4.78, 5) is 26.2.